The zero-order valence-electron chi connectivity index (χ0n) is 17.4. The van der Waals surface area contributed by atoms with E-state index >= 15 is 0 Å². The summed E-state index contributed by atoms with van der Waals surface area (Å²) in [6, 6.07) is 5.60. The quantitative estimate of drug-likeness (QED) is 0.540. The van der Waals surface area contributed by atoms with Crippen LogP contribution in [0.4, 0.5) is 4.39 Å². The van der Waals surface area contributed by atoms with Crippen molar-refractivity contribution in [1.29, 1.82) is 0 Å². The molecule has 2 aliphatic rings. The molecule has 0 N–H and O–H groups in total. The van der Waals surface area contributed by atoms with E-state index in [9.17, 15) is 9.18 Å². The fraction of sp³-hybridized carbons (Fsp3) is 0.708. The molecule has 1 heterocycles. The first-order valence-corrected chi connectivity index (χ1v) is 11.1. The molecule has 156 valence electrons. The lowest BCUT2D eigenvalue weighted by atomic mass is 9.76. The van der Waals surface area contributed by atoms with Crippen molar-refractivity contribution in [2.75, 3.05) is 7.11 Å². The van der Waals surface area contributed by atoms with Gasteiger partial charge < -0.3 is 9.47 Å². The third kappa shape index (κ3) is 5.56. The molecule has 2 fully saturated rings. The molecule has 1 aliphatic carbocycles. The third-order valence-electron chi connectivity index (χ3n) is 6.68. The Bertz CT molecular complexity index is 637. The van der Waals surface area contributed by atoms with Gasteiger partial charge in [-0.1, -0.05) is 25.5 Å². The molecule has 28 heavy (non-hydrogen) atoms. The van der Waals surface area contributed by atoms with Crippen LogP contribution in [0.25, 0.3) is 0 Å². The summed E-state index contributed by atoms with van der Waals surface area (Å²) < 4.78 is 25.4. The number of rotatable bonds is 8. The number of carbonyl (C=O) groups excluding carboxylic acids is 1. The third-order valence-corrected chi connectivity index (χ3v) is 6.68. The number of hydrogen-bond acceptors (Lipinski definition) is 3. The summed E-state index contributed by atoms with van der Waals surface area (Å²) in [5.74, 6) is 0.394. The minimum Gasteiger partial charge on any atom is -0.462 e. The van der Waals surface area contributed by atoms with E-state index in [0.29, 0.717) is 12.0 Å². The molecule has 0 spiro atoms. The number of cyclic esters (lactones) is 1. The smallest absolute Gasteiger partial charge is 0.309 e. The number of halogens is 1. The zero-order chi connectivity index (χ0) is 19.9. The van der Waals surface area contributed by atoms with E-state index in [1.807, 2.05) is 12.1 Å². The van der Waals surface area contributed by atoms with Gasteiger partial charge in [-0.2, -0.15) is 0 Å². The molecule has 4 heteroatoms. The van der Waals surface area contributed by atoms with Gasteiger partial charge in [0.2, 0.25) is 0 Å². The number of unbranched alkanes of at least 4 members (excludes halogenated alkanes) is 1. The predicted octanol–water partition coefficient (Wildman–Crippen LogP) is 5.63. The first-order chi connectivity index (χ1) is 13.6. The summed E-state index contributed by atoms with van der Waals surface area (Å²) >= 11 is 0. The summed E-state index contributed by atoms with van der Waals surface area (Å²) in [4.78, 5) is 12.6. The topological polar surface area (TPSA) is 35.5 Å². The summed E-state index contributed by atoms with van der Waals surface area (Å²) in [6.07, 6.45) is 10.8. The minimum absolute atomic E-state index is 0.0155. The Morgan fingerprint density at radius 1 is 1.11 bits per heavy atom. The summed E-state index contributed by atoms with van der Waals surface area (Å²) in [5.41, 5.74) is 1.80. The van der Waals surface area contributed by atoms with E-state index < -0.39 is 0 Å². The normalized spacial score (nSPS) is 28.2. The molecule has 3 nitrogen and oxygen atoms in total. The van der Waals surface area contributed by atoms with Gasteiger partial charge in [0.1, 0.15) is 11.9 Å². The van der Waals surface area contributed by atoms with Crippen LogP contribution in [-0.2, 0) is 27.1 Å². The second kappa shape index (κ2) is 10.4. The number of ether oxygens (including phenoxy) is 2. The fourth-order valence-corrected chi connectivity index (χ4v) is 4.80. The molecule has 0 bridgehead atoms. The minimum atomic E-state index is -0.0988. The maximum absolute atomic E-state index is 14.2. The van der Waals surface area contributed by atoms with Crippen LogP contribution in [0, 0.1) is 17.7 Å². The number of benzene rings is 1. The molecule has 1 aliphatic heterocycles. The zero-order valence-corrected chi connectivity index (χ0v) is 17.4. The van der Waals surface area contributed by atoms with Crippen LogP contribution < -0.4 is 0 Å². The van der Waals surface area contributed by atoms with Crippen molar-refractivity contribution in [2.24, 2.45) is 11.8 Å². The molecular weight excluding hydrogens is 355 g/mol. The Labute approximate surface area is 169 Å². The highest BCUT2D eigenvalue weighted by molar-refractivity contribution is 5.73. The maximum Gasteiger partial charge on any atom is 0.309 e. The Morgan fingerprint density at radius 3 is 2.54 bits per heavy atom. The van der Waals surface area contributed by atoms with Gasteiger partial charge in [0.15, 0.2) is 0 Å². The van der Waals surface area contributed by atoms with Gasteiger partial charge >= 0.3 is 5.97 Å². The van der Waals surface area contributed by atoms with Crippen LogP contribution >= 0.6 is 0 Å². The van der Waals surface area contributed by atoms with Crippen molar-refractivity contribution < 1.29 is 18.7 Å². The SMILES string of the molecule is CCCCc1ccc(CCC2CCC(C3CCC(OC)CC3)C(=O)O2)cc1F. The molecule has 1 aromatic carbocycles. The second-order valence-corrected chi connectivity index (χ2v) is 8.58. The number of esters is 1. The molecule has 0 aromatic heterocycles. The lowest BCUT2D eigenvalue weighted by molar-refractivity contribution is -0.164. The van der Waals surface area contributed by atoms with Crippen LogP contribution in [0.5, 0.6) is 0 Å². The van der Waals surface area contributed by atoms with Crippen molar-refractivity contribution in [1.82, 2.24) is 0 Å². The van der Waals surface area contributed by atoms with Crippen LogP contribution in [0.15, 0.2) is 18.2 Å². The average molecular weight is 391 g/mol. The Kier molecular flexibility index (Phi) is 7.90. The first-order valence-electron chi connectivity index (χ1n) is 11.1. The van der Waals surface area contributed by atoms with Gasteiger partial charge in [0, 0.05) is 7.11 Å². The van der Waals surface area contributed by atoms with Gasteiger partial charge in [0.25, 0.3) is 0 Å². The highest BCUT2D eigenvalue weighted by Gasteiger charge is 2.37. The molecule has 1 saturated heterocycles. The lowest BCUT2D eigenvalue weighted by Gasteiger charge is -2.36. The number of methoxy groups -OCH3 is 1. The van der Waals surface area contributed by atoms with Crippen LogP contribution in [0.3, 0.4) is 0 Å². The van der Waals surface area contributed by atoms with E-state index in [1.165, 1.54) is 0 Å². The van der Waals surface area contributed by atoms with Gasteiger partial charge in [-0.15, -0.1) is 0 Å². The van der Waals surface area contributed by atoms with E-state index in [-0.39, 0.29) is 23.8 Å². The molecule has 2 unspecified atom stereocenters. The van der Waals surface area contributed by atoms with Gasteiger partial charge in [-0.05, 0) is 87.3 Å². The summed E-state index contributed by atoms with van der Waals surface area (Å²) in [7, 11) is 1.77. The number of aryl methyl sites for hydroxylation is 2. The molecular formula is C24H35FO3. The van der Waals surface area contributed by atoms with Crippen molar-refractivity contribution >= 4 is 5.97 Å². The van der Waals surface area contributed by atoms with Gasteiger partial charge in [-0.25, -0.2) is 4.39 Å². The summed E-state index contributed by atoms with van der Waals surface area (Å²) in [6.45, 7) is 2.12. The molecule has 0 radical (unpaired) electrons. The number of hydrogen-bond donors (Lipinski definition) is 0. The Balaban J connectivity index is 1.45. The van der Waals surface area contributed by atoms with E-state index in [4.69, 9.17) is 9.47 Å². The molecule has 1 aromatic rings. The second-order valence-electron chi connectivity index (χ2n) is 8.58. The monoisotopic (exact) mass is 390 g/mol. The fourth-order valence-electron chi connectivity index (χ4n) is 4.80. The van der Waals surface area contributed by atoms with E-state index in [0.717, 1.165) is 81.8 Å². The summed E-state index contributed by atoms with van der Waals surface area (Å²) in [5, 5.41) is 0. The van der Waals surface area contributed by atoms with Crippen LogP contribution in [0.1, 0.15) is 75.8 Å². The van der Waals surface area contributed by atoms with Crippen LogP contribution in [0.2, 0.25) is 0 Å². The highest BCUT2D eigenvalue weighted by Crippen LogP contribution is 2.37. The largest absolute Gasteiger partial charge is 0.462 e. The Hall–Kier alpha value is -1.42. The van der Waals surface area contributed by atoms with Crippen molar-refractivity contribution in [3.8, 4) is 0 Å². The van der Waals surface area contributed by atoms with Gasteiger partial charge in [0.05, 0.1) is 12.0 Å². The molecule has 1 saturated carbocycles. The average Bonchev–Trinajstić information content (AvgIpc) is 2.72. The van der Waals surface area contributed by atoms with E-state index in [1.54, 1.807) is 13.2 Å². The molecule has 2 atom stereocenters. The van der Waals surface area contributed by atoms with Gasteiger partial charge in [-0.3, -0.25) is 4.79 Å². The predicted molar refractivity (Wildman–Crippen MR) is 109 cm³/mol. The van der Waals surface area contributed by atoms with Crippen molar-refractivity contribution in [3.63, 3.8) is 0 Å². The maximum atomic E-state index is 14.2. The Morgan fingerprint density at radius 2 is 1.89 bits per heavy atom. The van der Waals surface area contributed by atoms with Crippen molar-refractivity contribution in [3.05, 3.63) is 35.1 Å². The molecule has 0 amide bonds. The highest BCUT2D eigenvalue weighted by atomic mass is 19.1. The first kappa shape index (κ1) is 21.3. The molecule has 3 rings (SSSR count). The standard InChI is InChI=1S/C24H35FO3/c1-3-4-5-19-8-6-17(16-23(19)25)7-11-21-14-15-22(24(26)28-21)18-9-12-20(27-2)13-10-18/h6,8,16,18,20-22H,3-5,7,9-15H2,1-2H3. The lowest BCUT2D eigenvalue weighted by Crippen LogP contribution is -2.37. The van der Waals surface area contributed by atoms with E-state index in [2.05, 4.69) is 6.92 Å². The van der Waals surface area contributed by atoms with Crippen LogP contribution in [-0.4, -0.2) is 25.3 Å². The number of carbonyl (C=O) groups is 1. The van der Waals surface area contributed by atoms with Crippen molar-refractivity contribution in [2.45, 2.75) is 89.8 Å².